The number of aryl methyl sites for hydroxylation is 1. The van der Waals surface area contributed by atoms with Crippen molar-refractivity contribution in [1.29, 1.82) is 0 Å². The van der Waals surface area contributed by atoms with E-state index in [1.807, 2.05) is 13.0 Å². The zero-order valence-corrected chi connectivity index (χ0v) is 10.4. The van der Waals surface area contributed by atoms with E-state index in [1.54, 1.807) is 30.6 Å². The van der Waals surface area contributed by atoms with Gasteiger partial charge in [-0.2, -0.15) is 0 Å². The predicted molar refractivity (Wildman–Crippen MR) is 73.0 cm³/mol. The Morgan fingerprint density at radius 2 is 2.00 bits per heavy atom. The van der Waals surface area contributed by atoms with E-state index in [9.17, 15) is 9.18 Å². The molecule has 0 saturated carbocycles. The minimum Gasteiger partial charge on any atom is -0.321 e. The zero-order chi connectivity index (χ0) is 13.7. The Kier molecular flexibility index (Phi) is 4.03. The molecule has 4 heteroatoms. The molecule has 1 aromatic heterocycles. The monoisotopic (exact) mass is 256 g/mol. The quantitative estimate of drug-likeness (QED) is 0.857. The van der Waals surface area contributed by atoms with Gasteiger partial charge in [-0.25, -0.2) is 4.39 Å². The molecule has 1 aromatic carbocycles. The van der Waals surface area contributed by atoms with Crippen molar-refractivity contribution in [3.8, 4) is 0 Å². The number of benzene rings is 1. The minimum absolute atomic E-state index is 0.250. The Balaban J connectivity index is 2.02. The predicted octanol–water partition coefficient (Wildman–Crippen LogP) is 3.18. The first kappa shape index (κ1) is 13.0. The lowest BCUT2D eigenvalue weighted by Crippen LogP contribution is -2.09. The summed E-state index contributed by atoms with van der Waals surface area (Å²) in [4.78, 5) is 15.7. The molecule has 0 aliphatic rings. The summed E-state index contributed by atoms with van der Waals surface area (Å²) in [5, 5.41) is 2.73. The molecule has 1 N–H and O–H groups in total. The third kappa shape index (κ3) is 3.74. The van der Waals surface area contributed by atoms with Crippen LogP contribution in [0.1, 0.15) is 11.1 Å². The van der Waals surface area contributed by atoms with E-state index in [-0.39, 0.29) is 11.7 Å². The van der Waals surface area contributed by atoms with E-state index in [1.165, 1.54) is 18.2 Å². The van der Waals surface area contributed by atoms with Crippen LogP contribution in [0.2, 0.25) is 0 Å². The van der Waals surface area contributed by atoms with Crippen LogP contribution in [0.15, 0.2) is 48.8 Å². The van der Waals surface area contributed by atoms with Gasteiger partial charge in [0.25, 0.3) is 0 Å². The molecule has 0 aliphatic carbocycles. The SMILES string of the molecule is Cc1ccncc1NC(=O)/C=C/c1ccc(F)cc1. The number of pyridine rings is 1. The van der Waals surface area contributed by atoms with Crippen molar-refractivity contribution in [2.75, 3.05) is 5.32 Å². The van der Waals surface area contributed by atoms with Crippen LogP contribution in [-0.4, -0.2) is 10.9 Å². The van der Waals surface area contributed by atoms with Gasteiger partial charge in [-0.3, -0.25) is 9.78 Å². The molecule has 3 nitrogen and oxygen atoms in total. The molecular weight excluding hydrogens is 243 g/mol. The number of hydrogen-bond donors (Lipinski definition) is 1. The Hall–Kier alpha value is -2.49. The molecule has 1 heterocycles. The number of amides is 1. The van der Waals surface area contributed by atoms with Gasteiger partial charge in [-0.1, -0.05) is 12.1 Å². The third-order valence-corrected chi connectivity index (χ3v) is 2.59. The van der Waals surface area contributed by atoms with Crippen LogP contribution in [0, 0.1) is 12.7 Å². The minimum atomic E-state index is -0.299. The molecule has 1 amide bonds. The molecule has 2 rings (SSSR count). The van der Waals surface area contributed by atoms with Crippen molar-refractivity contribution in [2.45, 2.75) is 6.92 Å². The number of aromatic nitrogens is 1. The Labute approximate surface area is 110 Å². The fraction of sp³-hybridized carbons (Fsp3) is 0.0667. The lowest BCUT2D eigenvalue weighted by atomic mass is 10.2. The number of halogens is 1. The molecule has 0 spiro atoms. The number of rotatable bonds is 3. The number of carbonyl (C=O) groups excluding carboxylic acids is 1. The summed E-state index contributed by atoms with van der Waals surface area (Å²) in [6.45, 7) is 1.89. The summed E-state index contributed by atoms with van der Waals surface area (Å²) < 4.78 is 12.7. The zero-order valence-electron chi connectivity index (χ0n) is 10.4. The second kappa shape index (κ2) is 5.91. The highest BCUT2D eigenvalue weighted by atomic mass is 19.1. The van der Waals surface area contributed by atoms with Crippen molar-refractivity contribution in [2.24, 2.45) is 0 Å². The molecule has 96 valence electrons. The number of hydrogen-bond acceptors (Lipinski definition) is 2. The molecular formula is C15H13FN2O. The second-order valence-electron chi connectivity index (χ2n) is 4.06. The van der Waals surface area contributed by atoms with E-state index >= 15 is 0 Å². The molecule has 0 bridgehead atoms. The van der Waals surface area contributed by atoms with Gasteiger partial charge >= 0.3 is 0 Å². The van der Waals surface area contributed by atoms with Gasteiger partial charge in [0, 0.05) is 12.3 Å². The van der Waals surface area contributed by atoms with Gasteiger partial charge in [0.1, 0.15) is 5.82 Å². The Bertz CT molecular complexity index is 606. The molecule has 0 radical (unpaired) electrons. The molecule has 0 fully saturated rings. The van der Waals surface area contributed by atoms with Crippen LogP contribution in [0.5, 0.6) is 0 Å². The van der Waals surface area contributed by atoms with Crippen molar-refractivity contribution in [3.63, 3.8) is 0 Å². The fourth-order valence-electron chi connectivity index (χ4n) is 1.52. The van der Waals surface area contributed by atoms with Crippen molar-refractivity contribution in [1.82, 2.24) is 4.98 Å². The van der Waals surface area contributed by atoms with E-state index in [2.05, 4.69) is 10.3 Å². The van der Waals surface area contributed by atoms with E-state index in [4.69, 9.17) is 0 Å². The Morgan fingerprint density at radius 3 is 2.68 bits per heavy atom. The van der Waals surface area contributed by atoms with E-state index in [0.29, 0.717) is 5.69 Å². The second-order valence-corrected chi connectivity index (χ2v) is 4.06. The van der Waals surface area contributed by atoms with Crippen LogP contribution in [0.25, 0.3) is 6.08 Å². The first-order chi connectivity index (χ1) is 9.15. The smallest absolute Gasteiger partial charge is 0.248 e. The molecule has 19 heavy (non-hydrogen) atoms. The van der Waals surface area contributed by atoms with Gasteiger partial charge in [0.05, 0.1) is 11.9 Å². The van der Waals surface area contributed by atoms with Crippen molar-refractivity contribution >= 4 is 17.7 Å². The van der Waals surface area contributed by atoms with Crippen LogP contribution < -0.4 is 5.32 Å². The van der Waals surface area contributed by atoms with Gasteiger partial charge < -0.3 is 5.32 Å². The number of carbonyl (C=O) groups is 1. The average molecular weight is 256 g/mol. The average Bonchev–Trinajstić information content (AvgIpc) is 2.41. The molecule has 0 aliphatic heterocycles. The first-order valence-corrected chi connectivity index (χ1v) is 5.80. The summed E-state index contributed by atoms with van der Waals surface area (Å²) in [5.41, 5.74) is 2.38. The van der Waals surface area contributed by atoms with E-state index in [0.717, 1.165) is 11.1 Å². The lowest BCUT2D eigenvalue weighted by Gasteiger charge is -2.04. The lowest BCUT2D eigenvalue weighted by molar-refractivity contribution is -0.111. The van der Waals surface area contributed by atoms with Crippen molar-refractivity contribution < 1.29 is 9.18 Å². The van der Waals surface area contributed by atoms with Crippen LogP contribution in [0.3, 0.4) is 0 Å². The largest absolute Gasteiger partial charge is 0.321 e. The van der Waals surface area contributed by atoms with E-state index < -0.39 is 0 Å². The number of nitrogens with one attached hydrogen (secondary N) is 1. The molecule has 2 aromatic rings. The van der Waals surface area contributed by atoms with Gasteiger partial charge in [-0.05, 0) is 42.3 Å². The van der Waals surface area contributed by atoms with Gasteiger partial charge in [-0.15, -0.1) is 0 Å². The van der Waals surface area contributed by atoms with Crippen LogP contribution in [0.4, 0.5) is 10.1 Å². The van der Waals surface area contributed by atoms with Crippen molar-refractivity contribution in [3.05, 3.63) is 65.7 Å². The normalized spacial score (nSPS) is 10.6. The first-order valence-electron chi connectivity index (χ1n) is 5.80. The van der Waals surface area contributed by atoms with Gasteiger partial charge in [0.15, 0.2) is 0 Å². The van der Waals surface area contributed by atoms with Crippen LogP contribution >= 0.6 is 0 Å². The molecule has 0 unspecified atom stereocenters. The maximum atomic E-state index is 12.7. The summed E-state index contributed by atoms with van der Waals surface area (Å²) in [6.07, 6.45) is 6.29. The maximum Gasteiger partial charge on any atom is 0.248 e. The summed E-state index contributed by atoms with van der Waals surface area (Å²) in [5.74, 6) is -0.548. The highest BCUT2D eigenvalue weighted by Crippen LogP contribution is 2.11. The topological polar surface area (TPSA) is 42.0 Å². The fourth-order valence-corrected chi connectivity index (χ4v) is 1.52. The summed E-state index contributed by atoms with van der Waals surface area (Å²) in [7, 11) is 0. The van der Waals surface area contributed by atoms with Gasteiger partial charge in [0.2, 0.25) is 5.91 Å². The number of nitrogens with zero attached hydrogens (tertiary/aromatic N) is 1. The third-order valence-electron chi connectivity index (χ3n) is 2.59. The standard InChI is InChI=1S/C15H13FN2O/c1-11-8-9-17-10-14(11)18-15(19)7-4-12-2-5-13(16)6-3-12/h2-10H,1H3,(H,18,19)/b7-4+. The Morgan fingerprint density at radius 1 is 1.26 bits per heavy atom. The van der Waals surface area contributed by atoms with Crippen LogP contribution in [-0.2, 0) is 4.79 Å². The highest BCUT2D eigenvalue weighted by Gasteiger charge is 2.00. The summed E-state index contributed by atoms with van der Waals surface area (Å²) >= 11 is 0. The molecule has 0 atom stereocenters. The maximum absolute atomic E-state index is 12.7. The molecule has 0 saturated heterocycles. The summed E-state index contributed by atoms with van der Waals surface area (Å²) in [6, 6.07) is 7.73. The highest BCUT2D eigenvalue weighted by molar-refractivity contribution is 6.02. The number of anilines is 1.